The van der Waals surface area contributed by atoms with E-state index in [0.29, 0.717) is 18.8 Å². The summed E-state index contributed by atoms with van der Waals surface area (Å²) < 4.78 is 14.1. The van der Waals surface area contributed by atoms with Gasteiger partial charge in [-0.05, 0) is 42.2 Å². The molecule has 2 atom stereocenters. The van der Waals surface area contributed by atoms with Crippen LogP contribution in [0.2, 0.25) is 0 Å². The molecule has 0 spiro atoms. The van der Waals surface area contributed by atoms with Crippen molar-refractivity contribution in [2.24, 2.45) is 0 Å². The first-order valence-corrected chi connectivity index (χ1v) is 13.2. The number of carbonyl (C=O) groups excluding carboxylic acids is 1. The number of rotatable bonds is 7. The number of carboxylic acids is 1. The summed E-state index contributed by atoms with van der Waals surface area (Å²) in [6, 6.07) is 13.7. The Morgan fingerprint density at radius 2 is 1.79 bits per heavy atom. The molecule has 34 heavy (non-hydrogen) atoms. The van der Waals surface area contributed by atoms with Gasteiger partial charge in [-0.1, -0.05) is 37.3 Å². The molecule has 0 saturated carbocycles. The van der Waals surface area contributed by atoms with Gasteiger partial charge in [0.25, 0.3) is 5.91 Å². The highest BCUT2D eigenvalue weighted by Gasteiger charge is 2.30. The highest BCUT2D eigenvalue weighted by atomic mass is 32.2. The number of aliphatic carboxylic acids is 1. The van der Waals surface area contributed by atoms with Gasteiger partial charge in [-0.15, -0.1) is 0 Å². The molecular weight excluding hydrogens is 450 g/mol. The maximum Gasteiger partial charge on any atom is 0.307 e. The Morgan fingerprint density at radius 3 is 2.50 bits per heavy atom. The van der Waals surface area contributed by atoms with Crippen LogP contribution in [-0.2, 0) is 22.2 Å². The standard InChI is InChI=1S/C26H33N3O4S/c1-3-34(33)29-14-12-27(13-15-29)22-9-8-19(2)24(17-22)26(32)28-11-10-21(18-28)23-7-5-4-6-20(23)16-25(30)31/h4-9,17,21H,3,10-16,18H2,1-2H3,(H,30,31). The molecule has 1 N–H and O–H groups in total. The zero-order valence-electron chi connectivity index (χ0n) is 19.9. The number of aryl methyl sites for hydroxylation is 1. The molecule has 2 aromatic carbocycles. The van der Waals surface area contributed by atoms with Crippen LogP contribution >= 0.6 is 0 Å². The Labute approximate surface area is 203 Å². The van der Waals surface area contributed by atoms with E-state index in [1.165, 1.54) is 0 Å². The number of carboxylic acid groups (broad SMARTS) is 1. The fourth-order valence-corrected chi connectivity index (χ4v) is 5.93. The second kappa shape index (κ2) is 10.7. The maximum atomic E-state index is 13.5. The summed E-state index contributed by atoms with van der Waals surface area (Å²) in [5, 5.41) is 9.26. The van der Waals surface area contributed by atoms with Gasteiger partial charge in [-0.2, -0.15) is 0 Å². The lowest BCUT2D eigenvalue weighted by molar-refractivity contribution is -0.136. The van der Waals surface area contributed by atoms with Crippen LogP contribution in [0.25, 0.3) is 0 Å². The highest BCUT2D eigenvalue weighted by molar-refractivity contribution is 7.82. The Morgan fingerprint density at radius 1 is 1.06 bits per heavy atom. The average Bonchev–Trinajstić information content (AvgIpc) is 3.34. The number of amides is 1. The Bertz CT molecular complexity index is 1080. The van der Waals surface area contributed by atoms with E-state index < -0.39 is 17.0 Å². The Hall–Kier alpha value is -2.71. The number of likely N-dealkylation sites (tertiary alicyclic amines) is 1. The third kappa shape index (κ3) is 5.33. The number of piperazine rings is 1. The molecule has 2 saturated heterocycles. The summed E-state index contributed by atoms with van der Waals surface area (Å²) in [6.45, 7) is 8.24. The fourth-order valence-electron chi connectivity index (χ4n) is 4.99. The highest BCUT2D eigenvalue weighted by Crippen LogP contribution is 2.32. The molecule has 182 valence electrons. The van der Waals surface area contributed by atoms with Crippen molar-refractivity contribution in [2.75, 3.05) is 49.9 Å². The summed E-state index contributed by atoms with van der Waals surface area (Å²) in [4.78, 5) is 28.9. The molecule has 7 nitrogen and oxygen atoms in total. The first-order valence-electron chi connectivity index (χ1n) is 11.9. The molecule has 2 fully saturated rings. The van der Waals surface area contributed by atoms with E-state index in [2.05, 4.69) is 11.0 Å². The summed E-state index contributed by atoms with van der Waals surface area (Å²) in [5.74, 6) is -0.0211. The van der Waals surface area contributed by atoms with E-state index in [0.717, 1.165) is 60.5 Å². The van der Waals surface area contributed by atoms with Crippen LogP contribution in [0.15, 0.2) is 42.5 Å². The molecule has 8 heteroatoms. The lowest BCUT2D eigenvalue weighted by Gasteiger charge is -2.35. The maximum absolute atomic E-state index is 13.5. The minimum atomic E-state index is -0.913. The summed E-state index contributed by atoms with van der Waals surface area (Å²) in [5.41, 5.74) is 4.56. The van der Waals surface area contributed by atoms with Gasteiger partial charge in [-0.3, -0.25) is 9.59 Å². The van der Waals surface area contributed by atoms with Gasteiger partial charge in [-0.25, -0.2) is 8.51 Å². The minimum absolute atomic E-state index is 0.000874. The van der Waals surface area contributed by atoms with Crippen molar-refractivity contribution in [3.05, 3.63) is 64.7 Å². The molecule has 1 amide bonds. The number of nitrogens with zero attached hydrogens (tertiary/aromatic N) is 3. The van der Waals surface area contributed by atoms with Gasteiger partial charge in [0.2, 0.25) is 0 Å². The van der Waals surface area contributed by atoms with Crippen LogP contribution in [0.4, 0.5) is 5.69 Å². The molecule has 2 heterocycles. The van der Waals surface area contributed by atoms with E-state index in [4.69, 9.17) is 0 Å². The van der Waals surface area contributed by atoms with Crippen molar-refractivity contribution in [1.82, 2.24) is 9.21 Å². The number of benzene rings is 2. The molecule has 2 aromatic rings. The molecule has 0 bridgehead atoms. The van der Waals surface area contributed by atoms with E-state index in [1.807, 2.05) is 59.5 Å². The first kappa shape index (κ1) is 24.4. The molecule has 2 unspecified atom stereocenters. The van der Waals surface area contributed by atoms with Gasteiger partial charge < -0.3 is 14.9 Å². The van der Waals surface area contributed by atoms with Crippen LogP contribution in [-0.4, -0.2) is 75.4 Å². The zero-order valence-corrected chi connectivity index (χ0v) is 20.7. The summed E-state index contributed by atoms with van der Waals surface area (Å²) in [7, 11) is -0.913. The van der Waals surface area contributed by atoms with Gasteiger partial charge in [0.1, 0.15) is 0 Å². The molecule has 4 rings (SSSR count). The van der Waals surface area contributed by atoms with Crippen molar-refractivity contribution in [3.63, 3.8) is 0 Å². The van der Waals surface area contributed by atoms with Gasteiger partial charge in [0.05, 0.1) is 17.4 Å². The van der Waals surface area contributed by atoms with Crippen LogP contribution in [0, 0.1) is 6.92 Å². The fraction of sp³-hybridized carbons (Fsp3) is 0.462. The van der Waals surface area contributed by atoms with E-state index in [9.17, 15) is 18.9 Å². The molecular formula is C26H33N3O4S. The van der Waals surface area contributed by atoms with Gasteiger partial charge in [0, 0.05) is 62.2 Å². The monoisotopic (exact) mass is 483 g/mol. The molecule has 0 aliphatic carbocycles. The minimum Gasteiger partial charge on any atom is -0.481 e. The SMILES string of the molecule is CCS(=O)N1CCN(c2ccc(C)c(C(=O)N3CCC(c4ccccc4CC(=O)O)C3)c2)CC1. The third-order valence-electron chi connectivity index (χ3n) is 6.90. The quantitative estimate of drug-likeness (QED) is 0.655. The summed E-state index contributed by atoms with van der Waals surface area (Å²) in [6.07, 6.45) is 0.832. The molecule has 0 radical (unpaired) electrons. The van der Waals surface area contributed by atoms with Crippen LogP contribution < -0.4 is 4.90 Å². The van der Waals surface area contributed by atoms with E-state index in [1.54, 1.807) is 0 Å². The number of hydrogen-bond donors (Lipinski definition) is 1. The van der Waals surface area contributed by atoms with Crippen molar-refractivity contribution in [1.29, 1.82) is 0 Å². The molecule has 2 aliphatic heterocycles. The number of carbonyl (C=O) groups is 2. The lowest BCUT2D eigenvalue weighted by Crippen LogP contribution is -2.47. The van der Waals surface area contributed by atoms with Crippen LogP contribution in [0.5, 0.6) is 0 Å². The largest absolute Gasteiger partial charge is 0.481 e. The Kier molecular flexibility index (Phi) is 7.68. The second-order valence-corrected chi connectivity index (χ2v) is 10.8. The molecule has 0 aromatic heterocycles. The predicted octanol–water partition coefficient (Wildman–Crippen LogP) is 3.06. The van der Waals surface area contributed by atoms with Crippen molar-refractivity contribution in [3.8, 4) is 0 Å². The van der Waals surface area contributed by atoms with Gasteiger partial charge in [0.15, 0.2) is 0 Å². The Balaban J connectivity index is 1.46. The first-order chi connectivity index (χ1) is 16.4. The molecule has 2 aliphatic rings. The van der Waals surface area contributed by atoms with Crippen molar-refractivity contribution >= 4 is 28.5 Å². The number of hydrogen-bond acceptors (Lipinski definition) is 4. The summed E-state index contributed by atoms with van der Waals surface area (Å²) >= 11 is 0. The second-order valence-electron chi connectivity index (χ2n) is 9.03. The predicted molar refractivity (Wildman–Crippen MR) is 135 cm³/mol. The van der Waals surface area contributed by atoms with E-state index >= 15 is 0 Å². The zero-order chi connectivity index (χ0) is 24.2. The normalized spacial score (nSPS) is 19.9. The van der Waals surface area contributed by atoms with E-state index in [-0.39, 0.29) is 18.2 Å². The van der Waals surface area contributed by atoms with Crippen LogP contribution in [0.3, 0.4) is 0 Å². The van der Waals surface area contributed by atoms with Crippen molar-refractivity contribution in [2.45, 2.75) is 32.6 Å². The van der Waals surface area contributed by atoms with Gasteiger partial charge >= 0.3 is 5.97 Å². The lowest BCUT2D eigenvalue weighted by atomic mass is 9.92. The van der Waals surface area contributed by atoms with Crippen molar-refractivity contribution < 1.29 is 18.9 Å². The number of anilines is 1. The van der Waals surface area contributed by atoms with Crippen LogP contribution in [0.1, 0.15) is 46.3 Å². The smallest absolute Gasteiger partial charge is 0.307 e. The third-order valence-corrected chi connectivity index (χ3v) is 8.34. The average molecular weight is 484 g/mol. The topological polar surface area (TPSA) is 81.2 Å².